The zero-order chi connectivity index (χ0) is 15.0. The summed E-state index contributed by atoms with van der Waals surface area (Å²) in [6.07, 6.45) is 3.86. The topological polar surface area (TPSA) is 33.1 Å². The summed E-state index contributed by atoms with van der Waals surface area (Å²) in [5, 5.41) is 8.38. The van der Waals surface area contributed by atoms with E-state index in [4.69, 9.17) is 0 Å². The van der Waals surface area contributed by atoms with Gasteiger partial charge in [-0.1, -0.05) is 20.8 Å². The lowest BCUT2D eigenvalue weighted by Gasteiger charge is -2.42. The van der Waals surface area contributed by atoms with Crippen molar-refractivity contribution in [2.24, 2.45) is 18.9 Å². The molecule has 2 aliphatic rings. The highest BCUT2D eigenvalue weighted by molar-refractivity contribution is 5.11. The number of nitrogens with zero attached hydrogens (tertiary/aromatic N) is 3. The molecule has 1 aliphatic heterocycles. The predicted molar refractivity (Wildman–Crippen MR) is 86.1 cm³/mol. The van der Waals surface area contributed by atoms with E-state index in [2.05, 4.69) is 53.9 Å². The highest BCUT2D eigenvalue weighted by atomic mass is 15.3. The molecule has 1 aromatic heterocycles. The van der Waals surface area contributed by atoms with Crippen molar-refractivity contribution in [3.63, 3.8) is 0 Å². The van der Waals surface area contributed by atoms with Gasteiger partial charge < -0.3 is 5.32 Å². The molecule has 2 unspecified atom stereocenters. The van der Waals surface area contributed by atoms with E-state index < -0.39 is 0 Å². The van der Waals surface area contributed by atoms with Gasteiger partial charge in [0.25, 0.3) is 0 Å². The minimum absolute atomic E-state index is 0.624. The molecule has 4 heteroatoms. The highest BCUT2D eigenvalue weighted by Gasteiger charge is 2.39. The molecule has 0 bridgehead atoms. The molecule has 118 valence electrons. The Morgan fingerprint density at radius 3 is 2.71 bits per heavy atom. The Hall–Kier alpha value is -0.870. The molecular weight excluding hydrogens is 260 g/mol. The van der Waals surface area contributed by atoms with Gasteiger partial charge in [0.05, 0.1) is 11.4 Å². The molecule has 2 fully saturated rings. The maximum Gasteiger partial charge on any atom is 0.0625 e. The predicted octanol–water partition coefficient (Wildman–Crippen LogP) is 2.19. The van der Waals surface area contributed by atoms with Gasteiger partial charge >= 0.3 is 0 Å². The minimum atomic E-state index is 0.624. The summed E-state index contributed by atoms with van der Waals surface area (Å²) in [5.74, 6) is 1.62. The first kappa shape index (κ1) is 15.0. The summed E-state index contributed by atoms with van der Waals surface area (Å²) in [4.78, 5) is 2.72. The van der Waals surface area contributed by atoms with Crippen molar-refractivity contribution >= 4 is 0 Å². The van der Waals surface area contributed by atoms with Crippen molar-refractivity contribution in [3.05, 3.63) is 17.5 Å². The lowest BCUT2D eigenvalue weighted by molar-refractivity contribution is 0.0902. The molecule has 0 aromatic carbocycles. The largest absolute Gasteiger partial charge is 0.311 e. The molecule has 1 N–H and O–H groups in total. The van der Waals surface area contributed by atoms with Gasteiger partial charge in [-0.25, -0.2) is 0 Å². The van der Waals surface area contributed by atoms with Crippen LogP contribution in [0.25, 0.3) is 0 Å². The van der Waals surface area contributed by atoms with Crippen LogP contribution >= 0.6 is 0 Å². The fraction of sp³-hybridized carbons (Fsp3) is 0.824. The van der Waals surface area contributed by atoms with Crippen molar-refractivity contribution in [1.82, 2.24) is 20.0 Å². The van der Waals surface area contributed by atoms with E-state index in [-0.39, 0.29) is 0 Å². The summed E-state index contributed by atoms with van der Waals surface area (Å²) >= 11 is 0. The Morgan fingerprint density at radius 2 is 2.14 bits per heavy atom. The fourth-order valence-corrected chi connectivity index (χ4v) is 3.53. The molecule has 0 amide bonds. The van der Waals surface area contributed by atoms with Gasteiger partial charge in [0.1, 0.15) is 0 Å². The van der Waals surface area contributed by atoms with E-state index in [0.717, 1.165) is 31.5 Å². The van der Waals surface area contributed by atoms with Crippen LogP contribution in [0, 0.1) is 11.8 Å². The number of piperazine rings is 1. The van der Waals surface area contributed by atoms with E-state index in [1.807, 2.05) is 0 Å². The molecule has 1 saturated heterocycles. The monoisotopic (exact) mass is 290 g/mol. The van der Waals surface area contributed by atoms with Crippen LogP contribution in [-0.2, 0) is 20.0 Å². The zero-order valence-corrected chi connectivity index (χ0v) is 14.0. The quantitative estimate of drug-likeness (QED) is 0.902. The van der Waals surface area contributed by atoms with Gasteiger partial charge in [0, 0.05) is 38.8 Å². The number of aryl methyl sites for hydroxylation is 2. The molecule has 1 aliphatic carbocycles. The first-order valence-corrected chi connectivity index (χ1v) is 8.57. The van der Waals surface area contributed by atoms with Crippen molar-refractivity contribution in [1.29, 1.82) is 0 Å². The van der Waals surface area contributed by atoms with E-state index in [0.29, 0.717) is 12.0 Å². The van der Waals surface area contributed by atoms with Crippen LogP contribution in [-0.4, -0.2) is 39.9 Å². The second kappa shape index (κ2) is 6.09. The van der Waals surface area contributed by atoms with Crippen LogP contribution in [0.4, 0.5) is 0 Å². The van der Waals surface area contributed by atoms with Crippen LogP contribution in [0.5, 0.6) is 0 Å². The molecular formula is C17H30N4. The minimum Gasteiger partial charge on any atom is -0.311 e. The second-order valence-electron chi connectivity index (χ2n) is 7.20. The van der Waals surface area contributed by atoms with Gasteiger partial charge in [0.2, 0.25) is 0 Å². The summed E-state index contributed by atoms with van der Waals surface area (Å²) < 4.78 is 2.08. The normalized spacial score (nSPS) is 27.5. The first-order valence-electron chi connectivity index (χ1n) is 8.57. The third kappa shape index (κ3) is 3.32. The average Bonchev–Trinajstić information content (AvgIpc) is 3.24. The summed E-state index contributed by atoms with van der Waals surface area (Å²) in [6, 6.07) is 3.63. The maximum atomic E-state index is 4.61. The number of aromatic nitrogens is 2. The number of hydrogen-bond donors (Lipinski definition) is 1. The zero-order valence-electron chi connectivity index (χ0n) is 14.0. The first-order chi connectivity index (χ1) is 10.1. The van der Waals surface area contributed by atoms with Crippen molar-refractivity contribution in [2.75, 3.05) is 13.1 Å². The molecule has 3 rings (SSSR count). The summed E-state index contributed by atoms with van der Waals surface area (Å²) in [7, 11) is 2.09. The summed E-state index contributed by atoms with van der Waals surface area (Å²) in [6.45, 7) is 10.2. The SMILES string of the molecule is CCc1cc(CN2CC(C(C)C)NCC2C2CC2)n(C)n1. The van der Waals surface area contributed by atoms with Crippen LogP contribution < -0.4 is 5.32 Å². The van der Waals surface area contributed by atoms with E-state index in [9.17, 15) is 0 Å². The van der Waals surface area contributed by atoms with Crippen LogP contribution in [0.3, 0.4) is 0 Å². The van der Waals surface area contributed by atoms with Crippen molar-refractivity contribution in [2.45, 2.75) is 58.7 Å². The third-order valence-electron chi connectivity index (χ3n) is 5.21. The molecule has 1 saturated carbocycles. The van der Waals surface area contributed by atoms with Crippen LogP contribution in [0.15, 0.2) is 6.07 Å². The maximum absolute atomic E-state index is 4.61. The van der Waals surface area contributed by atoms with Crippen LogP contribution in [0.1, 0.15) is 45.0 Å². The number of nitrogens with one attached hydrogen (secondary N) is 1. The number of rotatable bonds is 5. The lowest BCUT2D eigenvalue weighted by atomic mass is 9.97. The van der Waals surface area contributed by atoms with Crippen molar-refractivity contribution in [3.8, 4) is 0 Å². The molecule has 1 aromatic rings. The fourth-order valence-electron chi connectivity index (χ4n) is 3.53. The Bertz CT molecular complexity index is 475. The second-order valence-corrected chi connectivity index (χ2v) is 7.20. The van der Waals surface area contributed by atoms with E-state index in [1.54, 1.807) is 0 Å². The van der Waals surface area contributed by atoms with Gasteiger partial charge in [-0.2, -0.15) is 5.10 Å². The molecule has 0 spiro atoms. The average molecular weight is 290 g/mol. The molecule has 0 radical (unpaired) electrons. The van der Waals surface area contributed by atoms with E-state index in [1.165, 1.54) is 30.8 Å². The summed E-state index contributed by atoms with van der Waals surface area (Å²) in [5.41, 5.74) is 2.58. The highest BCUT2D eigenvalue weighted by Crippen LogP contribution is 2.37. The smallest absolute Gasteiger partial charge is 0.0625 e. The lowest BCUT2D eigenvalue weighted by Crippen LogP contribution is -2.58. The van der Waals surface area contributed by atoms with Gasteiger partial charge in [-0.3, -0.25) is 9.58 Å². The third-order valence-corrected chi connectivity index (χ3v) is 5.21. The molecule has 21 heavy (non-hydrogen) atoms. The van der Waals surface area contributed by atoms with Crippen molar-refractivity contribution < 1.29 is 0 Å². The number of hydrogen-bond acceptors (Lipinski definition) is 3. The molecule has 4 nitrogen and oxygen atoms in total. The standard InChI is InChI=1S/C17H30N4/c1-5-14-8-15(20(4)19-14)10-21-11-16(12(2)3)18-9-17(21)13-6-7-13/h8,12-13,16-18H,5-7,9-11H2,1-4H3. The Labute approximate surface area is 128 Å². The Kier molecular flexibility index (Phi) is 4.36. The molecule has 2 atom stereocenters. The molecule has 2 heterocycles. The van der Waals surface area contributed by atoms with Gasteiger partial charge in [0.15, 0.2) is 0 Å². The van der Waals surface area contributed by atoms with E-state index >= 15 is 0 Å². The Balaban J connectivity index is 1.73. The van der Waals surface area contributed by atoms with Crippen LogP contribution in [0.2, 0.25) is 0 Å². The van der Waals surface area contributed by atoms with Gasteiger partial charge in [-0.15, -0.1) is 0 Å². The Morgan fingerprint density at radius 1 is 1.38 bits per heavy atom. The van der Waals surface area contributed by atoms with Gasteiger partial charge in [-0.05, 0) is 37.2 Å².